The summed E-state index contributed by atoms with van der Waals surface area (Å²) in [6, 6.07) is 13.2. The number of pyridine rings is 1. The van der Waals surface area contributed by atoms with Crippen LogP contribution in [0, 0.1) is 0 Å². The van der Waals surface area contributed by atoms with E-state index in [9.17, 15) is 0 Å². The molecule has 196 valence electrons. The molecule has 0 aliphatic carbocycles. The molecule has 4 heteroatoms. The molecule has 0 aliphatic rings. The Morgan fingerprint density at radius 3 is 1.49 bits per heavy atom. The number of benzene rings is 1. The van der Waals surface area contributed by atoms with Crippen molar-refractivity contribution in [2.24, 2.45) is 7.05 Å². The van der Waals surface area contributed by atoms with Crippen LogP contribution in [0.5, 0.6) is 0 Å². The van der Waals surface area contributed by atoms with Gasteiger partial charge in [-0.2, -0.15) is 12.6 Å². The van der Waals surface area contributed by atoms with Crippen molar-refractivity contribution in [2.45, 2.75) is 89.9 Å². The molecule has 2 aromatic rings. The number of hydrogen-bond donors (Lipinski definition) is 1. The molecule has 1 aromatic heterocycles. The average Bonchev–Trinajstić information content (AvgIpc) is 2.86. The number of anilines is 1. The summed E-state index contributed by atoms with van der Waals surface area (Å²) in [7, 11) is 4.26. The Labute approximate surface area is 239 Å². The van der Waals surface area contributed by atoms with Crippen molar-refractivity contribution in [1.82, 2.24) is 0 Å². The Morgan fingerprint density at radius 1 is 0.629 bits per heavy atom. The van der Waals surface area contributed by atoms with Gasteiger partial charge in [-0.3, -0.25) is 0 Å². The number of unbranched alkanes of at least 4 members (excludes halogenated alkanes) is 13. The lowest BCUT2D eigenvalue weighted by molar-refractivity contribution is -0.671. The van der Waals surface area contributed by atoms with E-state index in [1.54, 1.807) is 0 Å². The molecule has 0 amide bonds. The van der Waals surface area contributed by atoms with E-state index < -0.39 is 0 Å². The molecule has 0 N–H and O–H groups in total. The van der Waals surface area contributed by atoms with Crippen LogP contribution in [0.1, 0.15) is 101 Å². The summed E-state index contributed by atoms with van der Waals surface area (Å²) in [5.41, 5.74) is 3.78. The van der Waals surface area contributed by atoms with Gasteiger partial charge in [-0.25, -0.2) is 4.57 Å². The van der Waals surface area contributed by atoms with E-state index in [0.29, 0.717) is 0 Å². The Balaban J connectivity index is 0.00000612. The number of hydrogen-bond acceptors (Lipinski definition) is 2. The second-order valence-electron chi connectivity index (χ2n) is 9.82. The van der Waals surface area contributed by atoms with Gasteiger partial charge in [-0.05, 0) is 41.9 Å². The molecule has 2 nitrogen and oxygen atoms in total. The minimum absolute atomic E-state index is 0. The molecule has 0 atom stereocenters. The second kappa shape index (κ2) is 21.1. The van der Waals surface area contributed by atoms with Crippen molar-refractivity contribution >= 4 is 30.5 Å². The van der Waals surface area contributed by atoms with Gasteiger partial charge in [0.2, 0.25) is 0 Å². The maximum Gasteiger partial charge on any atom is 0.169 e. The number of nitrogens with zero attached hydrogens (tertiary/aromatic N) is 2. The largest absolute Gasteiger partial charge is 1.00 e. The van der Waals surface area contributed by atoms with E-state index in [2.05, 4.69) is 90.1 Å². The summed E-state index contributed by atoms with van der Waals surface area (Å²) in [5.74, 6) is 1.05. The lowest BCUT2D eigenvalue weighted by Crippen LogP contribution is -3.00. The van der Waals surface area contributed by atoms with Crippen LogP contribution < -0.4 is 33.4 Å². The quantitative estimate of drug-likeness (QED) is 0.0956. The highest BCUT2D eigenvalue weighted by atomic mass is 127. The zero-order chi connectivity index (χ0) is 24.3. The summed E-state index contributed by atoms with van der Waals surface area (Å²) >= 11 is 4.28. The van der Waals surface area contributed by atoms with E-state index in [1.807, 2.05) is 7.05 Å². The van der Waals surface area contributed by atoms with Gasteiger partial charge in [0.25, 0.3) is 0 Å². The van der Waals surface area contributed by atoms with Gasteiger partial charge >= 0.3 is 0 Å². The Hall–Kier alpha value is -1.01. The van der Waals surface area contributed by atoms with Crippen LogP contribution >= 0.6 is 12.6 Å². The zero-order valence-electron chi connectivity index (χ0n) is 22.3. The summed E-state index contributed by atoms with van der Waals surface area (Å²) in [5, 5.41) is 0. The second-order valence-corrected chi connectivity index (χ2v) is 10.3. The molecule has 1 heterocycles. The first-order valence-corrected chi connectivity index (χ1v) is 14.4. The number of halogens is 1. The average molecular weight is 609 g/mol. The van der Waals surface area contributed by atoms with E-state index in [-0.39, 0.29) is 24.0 Å². The first-order valence-electron chi connectivity index (χ1n) is 13.7. The predicted molar refractivity (Wildman–Crippen MR) is 155 cm³/mol. The normalized spacial score (nSPS) is 11.1. The fourth-order valence-corrected chi connectivity index (χ4v) is 4.59. The summed E-state index contributed by atoms with van der Waals surface area (Å²) in [6.45, 7) is 1.14. The molecule has 0 saturated heterocycles. The van der Waals surface area contributed by atoms with E-state index >= 15 is 0 Å². The van der Waals surface area contributed by atoms with Crippen LogP contribution in [0.15, 0.2) is 48.8 Å². The zero-order valence-corrected chi connectivity index (χ0v) is 25.4. The topological polar surface area (TPSA) is 7.12 Å². The molecule has 0 saturated carbocycles. The van der Waals surface area contributed by atoms with Gasteiger partial charge in [0.15, 0.2) is 12.4 Å². The van der Waals surface area contributed by atoms with Crippen LogP contribution in [-0.4, -0.2) is 19.3 Å². The maximum absolute atomic E-state index is 4.28. The van der Waals surface area contributed by atoms with Crippen molar-refractivity contribution in [3.05, 3.63) is 59.9 Å². The van der Waals surface area contributed by atoms with Crippen molar-refractivity contribution in [1.29, 1.82) is 0 Å². The van der Waals surface area contributed by atoms with Gasteiger partial charge in [0.05, 0.1) is 0 Å². The molecular weight excluding hydrogens is 559 g/mol. The lowest BCUT2D eigenvalue weighted by atomic mass is 10.0. The van der Waals surface area contributed by atoms with E-state index in [1.165, 1.54) is 107 Å². The highest BCUT2D eigenvalue weighted by Crippen LogP contribution is 2.17. The SMILES string of the molecule is CN(CCCCCCCCCCCCCCCCS)c1ccc(/C=C/c2cc[n+](C)cc2)cc1.[I-]. The molecule has 0 radical (unpaired) electrons. The van der Waals surface area contributed by atoms with E-state index in [0.717, 1.165) is 12.3 Å². The third-order valence-corrected chi connectivity index (χ3v) is 7.02. The van der Waals surface area contributed by atoms with Gasteiger partial charge < -0.3 is 28.9 Å². The first kappa shape index (κ1) is 32.0. The van der Waals surface area contributed by atoms with Gasteiger partial charge in [0.1, 0.15) is 7.05 Å². The predicted octanol–water partition coefficient (Wildman–Crippen LogP) is 5.51. The van der Waals surface area contributed by atoms with Crippen molar-refractivity contribution in [3.8, 4) is 0 Å². The first-order chi connectivity index (χ1) is 16.7. The van der Waals surface area contributed by atoms with Crippen LogP contribution in [0.25, 0.3) is 12.2 Å². The fourth-order valence-electron chi connectivity index (χ4n) is 4.37. The molecule has 2 rings (SSSR count). The molecular formula is C31H49IN2S. The molecule has 1 aromatic carbocycles. The van der Waals surface area contributed by atoms with Crippen LogP contribution in [0.2, 0.25) is 0 Å². The van der Waals surface area contributed by atoms with Gasteiger partial charge in [0, 0.05) is 31.4 Å². The monoisotopic (exact) mass is 608 g/mol. The van der Waals surface area contributed by atoms with Crippen LogP contribution in [-0.2, 0) is 7.05 Å². The Kier molecular flexibility index (Phi) is 19.3. The minimum atomic E-state index is 0. The molecule has 35 heavy (non-hydrogen) atoms. The summed E-state index contributed by atoms with van der Waals surface area (Å²) in [4.78, 5) is 2.39. The number of thiol groups is 1. The molecule has 0 aliphatic heterocycles. The van der Waals surface area contributed by atoms with Crippen molar-refractivity contribution < 1.29 is 28.5 Å². The highest BCUT2D eigenvalue weighted by Gasteiger charge is 2.01. The smallest absolute Gasteiger partial charge is 0.169 e. The number of aryl methyl sites for hydroxylation is 1. The standard InChI is InChI=1S/C31H48N2S.HI/c1-32-26-23-30(24-27-32)18-17-29-19-21-31(22-20-29)33(2)25-15-13-11-9-7-5-3-4-6-8-10-12-14-16-28-34;/h17-24,26-27H,3-16,25,28H2,1-2H3;1H. The van der Waals surface area contributed by atoms with E-state index in [4.69, 9.17) is 0 Å². The van der Waals surface area contributed by atoms with Gasteiger partial charge in [-0.1, -0.05) is 101 Å². The minimum Gasteiger partial charge on any atom is -1.00 e. The highest BCUT2D eigenvalue weighted by molar-refractivity contribution is 7.80. The van der Waals surface area contributed by atoms with Crippen molar-refractivity contribution in [2.75, 3.05) is 24.2 Å². The van der Waals surface area contributed by atoms with Crippen LogP contribution in [0.3, 0.4) is 0 Å². The third kappa shape index (κ3) is 15.7. The summed E-state index contributed by atoms with van der Waals surface area (Å²) < 4.78 is 2.05. The molecule has 0 spiro atoms. The molecule has 0 fully saturated rings. The fraction of sp³-hybridized carbons (Fsp3) is 0.581. The van der Waals surface area contributed by atoms with Gasteiger partial charge in [-0.15, -0.1) is 0 Å². The molecule has 0 bridgehead atoms. The number of rotatable bonds is 19. The maximum atomic E-state index is 4.28. The number of aromatic nitrogens is 1. The summed E-state index contributed by atoms with van der Waals surface area (Å²) in [6.07, 6.45) is 28.1. The Morgan fingerprint density at radius 2 is 1.03 bits per heavy atom. The Bertz CT molecular complexity index is 774. The lowest BCUT2D eigenvalue weighted by Gasteiger charge is -2.19. The third-order valence-electron chi connectivity index (χ3n) is 6.71. The van der Waals surface area contributed by atoms with Crippen LogP contribution in [0.4, 0.5) is 5.69 Å². The molecule has 0 unspecified atom stereocenters. The van der Waals surface area contributed by atoms with Crippen molar-refractivity contribution in [3.63, 3.8) is 0 Å².